The van der Waals surface area contributed by atoms with E-state index < -0.39 is 10.0 Å². The van der Waals surface area contributed by atoms with Crippen molar-refractivity contribution in [1.82, 2.24) is 19.3 Å². The summed E-state index contributed by atoms with van der Waals surface area (Å²) in [7, 11) is -0.426. The Balaban J connectivity index is 1.67. The number of aryl methyl sites for hydroxylation is 2. The largest absolute Gasteiger partial charge is 0.319 e. The fraction of sp³-hybridized carbons (Fsp3) is 0.105. The van der Waals surface area contributed by atoms with Gasteiger partial charge in [0.25, 0.3) is 15.6 Å². The number of sulfonamides is 1. The molecule has 3 aromatic heterocycles. The van der Waals surface area contributed by atoms with Gasteiger partial charge in [-0.3, -0.25) is 19.2 Å². The Morgan fingerprint density at radius 1 is 1.04 bits per heavy atom. The first-order valence-corrected chi connectivity index (χ1v) is 9.90. The summed E-state index contributed by atoms with van der Waals surface area (Å²) in [5.41, 5.74) is 2.11. The van der Waals surface area contributed by atoms with Gasteiger partial charge in [0.05, 0.1) is 23.1 Å². The summed E-state index contributed by atoms with van der Waals surface area (Å²) in [6.45, 7) is 0. The van der Waals surface area contributed by atoms with Crippen LogP contribution >= 0.6 is 0 Å². The number of aromatic nitrogens is 4. The lowest BCUT2D eigenvalue weighted by Crippen LogP contribution is -2.15. The number of nitrogens with one attached hydrogen (secondary N) is 1. The standard InChI is InChI=1S/C19H17N5O3S/c1-23-9-8-13(10-18(23)25)16-7-6-15(12-20-16)28(26,27)22-17-5-3-4-14-11-21-24(2)19(14)17/h3-12,22H,1-2H3. The smallest absolute Gasteiger partial charge is 0.263 e. The van der Waals surface area contributed by atoms with E-state index in [9.17, 15) is 13.2 Å². The molecule has 0 aliphatic carbocycles. The Morgan fingerprint density at radius 2 is 1.86 bits per heavy atom. The summed E-state index contributed by atoms with van der Waals surface area (Å²) >= 11 is 0. The third-order valence-electron chi connectivity index (χ3n) is 4.45. The SMILES string of the molecule is Cn1ccc(-c2ccc(S(=O)(=O)Nc3cccc4cnn(C)c34)cn2)cc1=O. The maximum atomic E-state index is 12.8. The van der Waals surface area contributed by atoms with Crippen LogP contribution in [0.5, 0.6) is 0 Å². The van der Waals surface area contributed by atoms with Crippen LogP contribution in [-0.4, -0.2) is 27.7 Å². The number of fused-ring (bicyclic) bond motifs is 1. The van der Waals surface area contributed by atoms with Crippen LogP contribution < -0.4 is 10.3 Å². The van der Waals surface area contributed by atoms with E-state index in [0.29, 0.717) is 22.5 Å². The number of anilines is 1. The molecular weight excluding hydrogens is 378 g/mol. The molecule has 0 saturated carbocycles. The van der Waals surface area contributed by atoms with Gasteiger partial charge in [0.2, 0.25) is 0 Å². The fourth-order valence-electron chi connectivity index (χ4n) is 2.94. The monoisotopic (exact) mass is 395 g/mol. The van der Waals surface area contributed by atoms with Gasteiger partial charge < -0.3 is 4.57 Å². The van der Waals surface area contributed by atoms with Crippen LogP contribution in [0, 0.1) is 0 Å². The molecule has 0 spiro atoms. The fourth-order valence-corrected chi connectivity index (χ4v) is 3.95. The zero-order chi connectivity index (χ0) is 19.9. The lowest BCUT2D eigenvalue weighted by Gasteiger charge is -2.10. The molecule has 1 aromatic carbocycles. The van der Waals surface area contributed by atoms with Crippen molar-refractivity contribution in [3.8, 4) is 11.3 Å². The second-order valence-corrected chi connectivity index (χ2v) is 8.04. The molecule has 8 nitrogen and oxygen atoms in total. The van der Waals surface area contributed by atoms with Crippen LogP contribution in [0.3, 0.4) is 0 Å². The number of rotatable bonds is 4. The van der Waals surface area contributed by atoms with Gasteiger partial charge in [0.1, 0.15) is 4.90 Å². The Bertz CT molecular complexity index is 1340. The second kappa shape index (κ2) is 6.61. The molecular formula is C19H17N5O3S. The highest BCUT2D eigenvalue weighted by atomic mass is 32.2. The molecule has 9 heteroatoms. The lowest BCUT2D eigenvalue weighted by atomic mass is 10.2. The Kier molecular flexibility index (Phi) is 4.23. The van der Waals surface area contributed by atoms with E-state index >= 15 is 0 Å². The molecule has 28 heavy (non-hydrogen) atoms. The molecule has 0 aliphatic rings. The van der Waals surface area contributed by atoms with Gasteiger partial charge >= 0.3 is 0 Å². The predicted molar refractivity (Wildman–Crippen MR) is 106 cm³/mol. The highest BCUT2D eigenvalue weighted by Gasteiger charge is 2.17. The third-order valence-corrected chi connectivity index (χ3v) is 5.80. The summed E-state index contributed by atoms with van der Waals surface area (Å²) < 4.78 is 31.2. The van der Waals surface area contributed by atoms with Crippen molar-refractivity contribution in [3.63, 3.8) is 0 Å². The van der Waals surface area contributed by atoms with E-state index in [1.54, 1.807) is 55.4 Å². The molecule has 4 rings (SSSR count). The maximum absolute atomic E-state index is 12.8. The summed E-state index contributed by atoms with van der Waals surface area (Å²) in [5, 5.41) is 4.99. The molecule has 0 amide bonds. The minimum Gasteiger partial charge on any atom is -0.319 e. The number of hydrogen-bond donors (Lipinski definition) is 1. The average molecular weight is 395 g/mol. The highest BCUT2D eigenvalue weighted by molar-refractivity contribution is 7.92. The van der Waals surface area contributed by atoms with E-state index in [0.717, 1.165) is 5.39 Å². The molecule has 3 heterocycles. The first-order chi connectivity index (χ1) is 13.3. The molecule has 1 N–H and O–H groups in total. The Labute approximate surface area is 161 Å². The van der Waals surface area contributed by atoms with E-state index in [1.807, 2.05) is 6.07 Å². The van der Waals surface area contributed by atoms with Gasteiger partial charge in [-0.1, -0.05) is 12.1 Å². The van der Waals surface area contributed by atoms with Crippen molar-refractivity contribution < 1.29 is 8.42 Å². The van der Waals surface area contributed by atoms with Crippen molar-refractivity contribution in [1.29, 1.82) is 0 Å². The lowest BCUT2D eigenvalue weighted by molar-refractivity contribution is 0.601. The number of pyridine rings is 2. The van der Waals surface area contributed by atoms with Gasteiger partial charge in [-0.2, -0.15) is 5.10 Å². The first-order valence-electron chi connectivity index (χ1n) is 8.42. The summed E-state index contributed by atoms with van der Waals surface area (Å²) in [5.74, 6) is 0. The molecule has 0 aliphatic heterocycles. The van der Waals surface area contributed by atoms with Gasteiger partial charge in [0, 0.05) is 43.5 Å². The van der Waals surface area contributed by atoms with Crippen molar-refractivity contribution in [3.05, 3.63) is 71.4 Å². The van der Waals surface area contributed by atoms with Gasteiger partial charge in [0.15, 0.2) is 0 Å². The van der Waals surface area contributed by atoms with E-state index in [1.165, 1.54) is 22.9 Å². The number of para-hydroxylation sites is 1. The Morgan fingerprint density at radius 3 is 2.57 bits per heavy atom. The third kappa shape index (κ3) is 3.16. The van der Waals surface area contributed by atoms with Crippen molar-refractivity contribution >= 4 is 26.6 Å². The van der Waals surface area contributed by atoms with Gasteiger partial charge in [-0.25, -0.2) is 8.42 Å². The van der Waals surface area contributed by atoms with Crippen molar-refractivity contribution in [2.24, 2.45) is 14.1 Å². The molecule has 0 atom stereocenters. The van der Waals surface area contributed by atoms with Gasteiger partial charge in [-0.05, 0) is 24.3 Å². The molecule has 0 saturated heterocycles. The average Bonchev–Trinajstić information content (AvgIpc) is 3.06. The highest BCUT2D eigenvalue weighted by Crippen LogP contribution is 2.25. The normalized spacial score (nSPS) is 11.6. The number of nitrogens with zero attached hydrogens (tertiary/aromatic N) is 4. The van der Waals surface area contributed by atoms with Crippen LogP contribution in [0.4, 0.5) is 5.69 Å². The van der Waals surface area contributed by atoms with E-state index in [4.69, 9.17) is 0 Å². The molecule has 0 radical (unpaired) electrons. The second-order valence-electron chi connectivity index (χ2n) is 6.36. The maximum Gasteiger partial charge on any atom is 0.263 e. The number of hydrogen-bond acceptors (Lipinski definition) is 5. The predicted octanol–water partition coefficient (Wildman–Crippen LogP) is 2.13. The van der Waals surface area contributed by atoms with Crippen molar-refractivity contribution in [2.45, 2.75) is 4.90 Å². The molecule has 4 aromatic rings. The zero-order valence-electron chi connectivity index (χ0n) is 15.2. The first kappa shape index (κ1) is 17.9. The molecule has 0 fully saturated rings. The van der Waals surface area contributed by atoms with Crippen LogP contribution in [0.1, 0.15) is 0 Å². The summed E-state index contributed by atoms with van der Waals surface area (Å²) in [6.07, 6.45) is 4.59. The van der Waals surface area contributed by atoms with Crippen LogP contribution in [-0.2, 0) is 24.1 Å². The van der Waals surface area contributed by atoms with Crippen molar-refractivity contribution in [2.75, 3.05) is 4.72 Å². The minimum absolute atomic E-state index is 0.0271. The summed E-state index contributed by atoms with van der Waals surface area (Å²) in [6, 6.07) is 11.6. The Hall–Kier alpha value is -3.46. The van der Waals surface area contributed by atoms with Crippen LogP contribution in [0.25, 0.3) is 22.2 Å². The number of benzene rings is 1. The van der Waals surface area contributed by atoms with E-state index in [2.05, 4.69) is 14.8 Å². The molecule has 0 unspecified atom stereocenters. The zero-order valence-corrected chi connectivity index (χ0v) is 16.0. The summed E-state index contributed by atoms with van der Waals surface area (Å²) in [4.78, 5) is 16.0. The molecule has 0 bridgehead atoms. The van der Waals surface area contributed by atoms with Crippen LogP contribution in [0.15, 0.2) is 70.7 Å². The van der Waals surface area contributed by atoms with Gasteiger partial charge in [-0.15, -0.1) is 0 Å². The van der Waals surface area contributed by atoms with Crippen LogP contribution in [0.2, 0.25) is 0 Å². The molecule has 142 valence electrons. The van der Waals surface area contributed by atoms with E-state index in [-0.39, 0.29) is 10.5 Å². The topological polar surface area (TPSA) is 98.9 Å². The minimum atomic E-state index is -3.83. The quantitative estimate of drug-likeness (QED) is 0.571.